The second-order valence-electron chi connectivity index (χ2n) is 5.31. The highest BCUT2D eigenvalue weighted by atomic mass is 16.3. The molecule has 0 spiro atoms. The maximum Gasteiger partial charge on any atom is 0.0991 e. The lowest BCUT2D eigenvalue weighted by Gasteiger charge is -2.24. The van der Waals surface area contributed by atoms with Gasteiger partial charge in [-0.2, -0.15) is 5.26 Å². The molecule has 3 heteroatoms. The van der Waals surface area contributed by atoms with Crippen LogP contribution in [0.4, 0.5) is 0 Å². The van der Waals surface area contributed by atoms with Gasteiger partial charge >= 0.3 is 0 Å². The van der Waals surface area contributed by atoms with Crippen molar-refractivity contribution in [1.29, 1.82) is 5.26 Å². The molecule has 1 aromatic rings. The molecule has 0 aromatic heterocycles. The number of fused-ring (bicyclic) bond motifs is 1. The molecule has 3 rings (SSSR count). The Morgan fingerprint density at radius 3 is 2.29 bits per heavy atom. The van der Waals surface area contributed by atoms with Crippen LogP contribution in [0, 0.1) is 23.2 Å². The zero-order chi connectivity index (χ0) is 11.9. The van der Waals surface area contributed by atoms with E-state index >= 15 is 0 Å². The standard InChI is InChI=1S/C14H16N2O/c15-7-10-1-3-13(4-2-10)14(17)5-11-8-16-9-12(11)6-14/h1-4,11-12,16-17H,5-6,8-9H2/t11-,12+,14?. The van der Waals surface area contributed by atoms with Crippen molar-refractivity contribution in [2.75, 3.05) is 13.1 Å². The first-order chi connectivity index (χ1) is 8.21. The number of hydrogen-bond donors (Lipinski definition) is 2. The minimum Gasteiger partial charge on any atom is -0.385 e. The minimum atomic E-state index is -0.675. The van der Waals surface area contributed by atoms with E-state index in [-0.39, 0.29) is 0 Å². The second kappa shape index (κ2) is 3.83. The van der Waals surface area contributed by atoms with Gasteiger partial charge in [-0.05, 0) is 55.5 Å². The number of benzene rings is 1. The molecule has 1 unspecified atom stereocenters. The average molecular weight is 228 g/mol. The van der Waals surface area contributed by atoms with Crippen LogP contribution in [-0.4, -0.2) is 18.2 Å². The summed E-state index contributed by atoms with van der Waals surface area (Å²) in [5.41, 5.74) is 0.939. The van der Waals surface area contributed by atoms with Gasteiger partial charge in [0.2, 0.25) is 0 Å². The van der Waals surface area contributed by atoms with E-state index in [4.69, 9.17) is 5.26 Å². The highest BCUT2D eigenvalue weighted by molar-refractivity contribution is 5.34. The summed E-state index contributed by atoms with van der Waals surface area (Å²) in [4.78, 5) is 0. The Balaban J connectivity index is 1.86. The second-order valence-corrected chi connectivity index (χ2v) is 5.31. The van der Waals surface area contributed by atoms with Gasteiger partial charge in [-0.1, -0.05) is 12.1 Å². The van der Waals surface area contributed by atoms with Crippen LogP contribution in [0.5, 0.6) is 0 Å². The van der Waals surface area contributed by atoms with Crippen LogP contribution in [0.2, 0.25) is 0 Å². The number of nitrogens with zero attached hydrogens (tertiary/aromatic N) is 1. The van der Waals surface area contributed by atoms with Crippen molar-refractivity contribution in [3.8, 4) is 6.07 Å². The molecule has 1 saturated carbocycles. The van der Waals surface area contributed by atoms with Crippen LogP contribution >= 0.6 is 0 Å². The monoisotopic (exact) mass is 228 g/mol. The van der Waals surface area contributed by atoms with Gasteiger partial charge in [0.05, 0.1) is 17.2 Å². The summed E-state index contributed by atoms with van der Waals surface area (Å²) in [7, 11) is 0. The normalized spacial score (nSPS) is 35.5. The largest absolute Gasteiger partial charge is 0.385 e. The molecule has 88 valence electrons. The molecule has 1 aliphatic heterocycles. The van der Waals surface area contributed by atoms with Crippen molar-refractivity contribution in [1.82, 2.24) is 5.32 Å². The zero-order valence-electron chi connectivity index (χ0n) is 9.69. The Morgan fingerprint density at radius 2 is 1.76 bits per heavy atom. The highest BCUT2D eigenvalue weighted by Crippen LogP contribution is 2.46. The Morgan fingerprint density at radius 1 is 1.18 bits per heavy atom. The number of hydrogen-bond acceptors (Lipinski definition) is 3. The smallest absolute Gasteiger partial charge is 0.0991 e. The van der Waals surface area contributed by atoms with Crippen LogP contribution in [-0.2, 0) is 5.60 Å². The molecule has 2 aliphatic rings. The number of nitrogens with one attached hydrogen (secondary N) is 1. The fourth-order valence-electron chi connectivity index (χ4n) is 3.31. The van der Waals surface area contributed by atoms with E-state index in [0.717, 1.165) is 31.5 Å². The Hall–Kier alpha value is -1.37. The van der Waals surface area contributed by atoms with Gasteiger partial charge in [0.1, 0.15) is 0 Å². The Labute approximate surface area is 101 Å². The first-order valence-electron chi connectivity index (χ1n) is 6.15. The van der Waals surface area contributed by atoms with Crippen molar-refractivity contribution in [3.05, 3.63) is 35.4 Å². The third-order valence-electron chi connectivity index (χ3n) is 4.23. The summed E-state index contributed by atoms with van der Waals surface area (Å²) >= 11 is 0. The molecular formula is C14H16N2O. The van der Waals surface area contributed by atoms with E-state index in [9.17, 15) is 5.11 Å². The molecule has 3 nitrogen and oxygen atoms in total. The van der Waals surface area contributed by atoms with Gasteiger partial charge in [-0.3, -0.25) is 0 Å². The topological polar surface area (TPSA) is 56.0 Å². The molecule has 17 heavy (non-hydrogen) atoms. The number of rotatable bonds is 1. The fourth-order valence-corrected chi connectivity index (χ4v) is 3.31. The first-order valence-corrected chi connectivity index (χ1v) is 6.15. The van der Waals surface area contributed by atoms with Crippen LogP contribution < -0.4 is 5.32 Å². The molecule has 2 fully saturated rings. The summed E-state index contributed by atoms with van der Waals surface area (Å²) in [5, 5.41) is 22.9. The predicted molar refractivity (Wildman–Crippen MR) is 64.1 cm³/mol. The summed E-state index contributed by atoms with van der Waals surface area (Å²) in [6.45, 7) is 2.06. The average Bonchev–Trinajstić information content (AvgIpc) is 2.88. The summed E-state index contributed by atoms with van der Waals surface area (Å²) in [5.74, 6) is 1.21. The molecule has 1 heterocycles. The van der Waals surface area contributed by atoms with Crippen molar-refractivity contribution < 1.29 is 5.11 Å². The van der Waals surface area contributed by atoms with E-state index < -0.39 is 5.60 Å². The number of nitriles is 1. The molecule has 3 atom stereocenters. The van der Waals surface area contributed by atoms with Crippen LogP contribution in [0.1, 0.15) is 24.0 Å². The van der Waals surface area contributed by atoms with Crippen molar-refractivity contribution in [2.24, 2.45) is 11.8 Å². The van der Waals surface area contributed by atoms with Crippen LogP contribution in [0.15, 0.2) is 24.3 Å². The SMILES string of the molecule is N#Cc1ccc(C2(O)C[C@H]3CNC[C@H]3C2)cc1. The third kappa shape index (κ3) is 1.74. The fraction of sp³-hybridized carbons (Fsp3) is 0.500. The zero-order valence-corrected chi connectivity index (χ0v) is 9.69. The molecule has 1 aromatic carbocycles. The molecular weight excluding hydrogens is 212 g/mol. The van der Waals surface area contributed by atoms with Crippen molar-refractivity contribution in [3.63, 3.8) is 0 Å². The third-order valence-corrected chi connectivity index (χ3v) is 4.23. The quantitative estimate of drug-likeness (QED) is 0.763. The van der Waals surface area contributed by atoms with E-state index in [1.807, 2.05) is 12.1 Å². The first kappa shape index (κ1) is 10.8. The lowest BCUT2D eigenvalue weighted by atomic mass is 9.90. The predicted octanol–water partition coefficient (Wildman–Crippen LogP) is 1.38. The summed E-state index contributed by atoms with van der Waals surface area (Å²) in [6, 6.07) is 9.48. The summed E-state index contributed by atoms with van der Waals surface area (Å²) in [6.07, 6.45) is 1.69. The molecule has 2 N–H and O–H groups in total. The number of aliphatic hydroxyl groups is 1. The van der Waals surface area contributed by atoms with Crippen molar-refractivity contribution >= 4 is 0 Å². The van der Waals surface area contributed by atoms with E-state index in [0.29, 0.717) is 17.4 Å². The Bertz CT molecular complexity index is 448. The van der Waals surface area contributed by atoms with E-state index in [1.165, 1.54) is 0 Å². The molecule has 1 saturated heterocycles. The van der Waals surface area contributed by atoms with Crippen LogP contribution in [0.3, 0.4) is 0 Å². The molecule has 0 radical (unpaired) electrons. The van der Waals surface area contributed by atoms with Gasteiger partial charge in [-0.15, -0.1) is 0 Å². The maximum absolute atomic E-state index is 10.7. The van der Waals surface area contributed by atoms with Gasteiger partial charge in [0, 0.05) is 0 Å². The van der Waals surface area contributed by atoms with Gasteiger partial charge in [-0.25, -0.2) is 0 Å². The highest BCUT2D eigenvalue weighted by Gasteiger charge is 2.46. The lowest BCUT2D eigenvalue weighted by Crippen LogP contribution is -2.25. The van der Waals surface area contributed by atoms with Crippen molar-refractivity contribution in [2.45, 2.75) is 18.4 Å². The van der Waals surface area contributed by atoms with Crippen LogP contribution in [0.25, 0.3) is 0 Å². The Kier molecular flexibility index (Phi) is 2.43. The van der Waals surface area contributed by atoms with Gasteiger partial charge < -0.3 is 10.4 Å². The molecule has 0 bridgehead atoms. The van der Waals surface area contributed by atoms with Gasteiger partial charge in [0.25, 0.3) is 0 Å². The van der Waals surface area contributed by atoms with E-state index in [1.54, 1.807) is 12.1 Å². The molecule has 0 amide bonds. The van der Waals surface area contributed by atoms with Gasteiger partial charge in [0.15, 0.2) is 0 Å². The molecule has 1 aliphatic carbocycles. The minimum absolute atomic E-state index is 0.607. The lowest BCUT2D eigenvalue weighted by molar-refractivity contribution is 0.0359. The summed E-state index contributed by atoms with van der Waals surface area (Å²) < 4.78 is 0. The maximum atomic E-state index is 10.7. The van der Waals surface area contributed by atoms with E-state index in [2.05, 4.69) is 11.4 Å².